The monoisotopic (exact) mass is 303 g/mol. The van der Waals surface area contributed by atoms with Crippen molar-refractivity contribution in [3.8, 4) is 0 Å². The van der Waals surface area contributed by atoms with E-state index in [4.69, 9.17) is 0 Å². The SMILES string of the molecule is CCc1ccc(CC(=O)NCc2ccc3ccccc3c2)cc1. The summed E-state index contributed by atoms with van der Waals surface area (Å²) in [6, 6.07) is 22.8. The predicted molar refractivity (Wildman–Crippen MR) is 95.3 cm³/mol. The molecule has 0 aromatic heterocycles. The number of carbonyl (C=O) groups is 1. The smallest absolute Gasteiger partial charge is 0.224 e. The van der Waals surface area contributed by atoms with Gasteiger partial charge in [0.05, 0.1) is 6.42 Å². The Morgan fingerprint density at radius 1 is 0.826 bits per heavy atom. The molecule has 0 aliphatic heterocycles. The molecule has 2 heteroatoms. The summed E-state index contributed by atoms with van der Waals surface area (Å²) >= 11 is 0. The van der Waals surface area contributed by atoms with Gasteiger partial charge in [0.1, 0.15) is 0 Å². The van der Waals surface area contributed by atoms with Crippen molar-refractivity contribution in [3.63, 3.8) is 0 Å². The van der Waals surface area contributed by atoms with E-state index in [2.05, 4.69) is 54.7 Å². The molecule has 3 aromatic carbocycles. The van der Waals surface area contributed by atoms with E-state index in [0.29, 0.717) is 13.0 Å². The molecule has 2 nitrogen and oxygen atoms in total. The number of hydrogen-bond acceptors (Lipinski definition) is 1. The van der Waals surface area contributed by atoms with Crippen LogP contribution in [0.1, 0.15) is 23.6 Å². The van der Waals surface area contributed by atoms with Crippen molar-refractivity contribution in [1.29, 1.82) is 0 Å². The molecule has 0 radical (unpaired) electrons. The van der Waals surface area contributed by atoms with Crippen LogP contribution in [0.4, 0.5) is 0 Å². The Kier molecular flexibility index (Phi) is 4.72. The zero-order chi connectivity index (χ0) is 16.1. The van der Waals surface area contributed by atoms with Crippen LogP contribution >= 0.6 is 0 Å². The van der Waals surface area contributed by atoms with Gasteiger partial charge in [-0.25, -0.2) is 0 Å². The Labute approximate surface area is 137 Å². The molecule has 0 fully saturated rings. The Bertz CT molecular complexity index is 805. The molecule has 116 valence electrons. The molecule has 0 aliphatic carbocycles. The van der Waals surface area contributed by atoms with Crippen molar-refractivity contribution >= 4 is 16.7 Å². The number of rotatable bonds is 5. The minimum absolute atomic E-state index is 0.0578. The van der Waals surface area contributed by atoms with Crippen LogP contribution in [-0.2, 0) is 24.2 Å². The van der Waals surface area contributed by atoms with Crippen LogP contribution < -0.4 is 5.32 Å². The maximum Gasteiger partial charge on any atom is 0.224 e. The number of amides is 1. The summed E-state index contributed by atoms with van der Waals surface area (Å²) < 4.78 is 0. The van der Waals surface area contributed by atoms with Crippen molar-refractivity contribution in [3.05, 3.63) is 83.4 Å². The molecule has 0 saturated carbocycles. The van der Waals surface area contributed by atoms with Gasteiger partial charge in [-0.1, -0.05) is 67.6 Å². The van der Waals surface area contributed by atoms with E-state index in [1.807, 2.05) is 24.3 Å². The van der Waals surface area contributed by atoms with Gasteiger partial charge in [0, 0.05) is 6.54 Å². The molecule has 0 bridgehead atoms. The van der Waals surface area contributed by atoms with Crippen LogP contribution in [-0.4, -0.2) is 5.91 Å². The molecular formula is C21H21NO. The van der Waals surface area contributed by atoms with Crippen molar-refractivity contribution < 1.29 is 4.79 Å². The maximum absolute atomic E-state index is 12.1. The van der Waals surface area contributed by atoms with Crippen LogP contribution in [0.15, 0.2) is 66.7 Å². The van der Waals surface area contributed by atoms with Crippen LogP contribution in [0.2, 0.25) is 0 Å². The normalized spacial score (nSPS) is 10.7. The highest BCUT2D eigenvalue weighted by Gasteiger charge is 2.04. The third-order valence-electron chi connectivity index (χ3n) is 4.10. The highest BCUT2D eigenvalue weighted by molar-refractivity contribution is 5.83. The number of fused-ring (bicyclic) bond motifs is 1. The number of benzene rings is 3. The summed E-state index contributed by atoms with van der Waals surface area (Å²) in [5.41, 5.74) is 3.47. The molecule has 1 N–H and O–H groups in total. The minimum atomic E-state index is 0.0578. The number of nitrogens with one attached hydrogen (secondary N) is 1. The fourth-order valence-electron chi connectivity index (χ4n) is 2.69. The average Bonchev–Trinajstić information content (AvgIpc) is 2.60. The summed E-state index contributed by atoms with van der Waals surface area (Å²) in [6.07, 6.45) is 1.45. The lowest BCUT2D eigenvalue weighted by atomic mass is 10.1. The molecule has 3 aromatic rings. The van der Waals surface area contributed by atoms with Crippen molar-refractivity contribution in [2.75, 3.05) is 0 Å². The topological polar surface area (TPSA) is 29.1 Å². The van der Waals surface area contributed by atoms with Crippen molar-refractivity contribution in [1.82, 2.24) is 5.32 Å². The highest BCUT2D eigenvalue weighted by atomic mass is 16.1. The second kappa shape index (κ2) is 7.10. The maximum atomic E-state index is 12.1. The molecule has 0 aliphatic rings. The Balaban J connectivity index is 1.58. The zero-order valence-corrected chi connectivity index (χ0v) is 13.4. The summed E-state index contributed by atoms with van der Waals surface area (Å²) in [6.45, 7) is 2.70. The molecule has 23 heavy (non-hydrogen) atoms. The molecule has 0 unspecified atom stereocenters. The van der Waals surface area contributed by atoms with Gasteiger partial charge in [-0.2, -0.15) is 0 Å². The van der Waals surface area contributed by atoms with E-state index in [-0.39, 0.29) is 5.91 Å². The minimum Gasteiger partial charge on any atom is -0.352 e. The van der Waals surface area contributed by atoms with Gasteiger partial charge in [-0.15, -0.1) is 0 Å². The zero-order valence-electron chi connectivity index (χ0n) is 13.4. The average molecular weight is 303 g/mol. The van der Waals surface area contributed by atoms with Crippen LogP contribution in [0.3, 0.4) is 0 Å². The lowest BCUT2D eigenvalue weighted by Crippen LogP contribution is -2.24. The lowest BCUT2D eigenvalue weighted by molar-refractivity contribution is -0.120. The van der Waals surface area contributed by atoms with Crippen molar-refractivity contribution in [2.24, 2.45) is 0 Å². The first-order valence-corrected chi connectivity index (χ1v) is 8.07. The van der Waals surface area contributed by atoms with E-state index in [0.717, 1.165) is 17.5 Å². The van der Waals surface area contributed by atoms with E-state index < -0.39 is 0 Å². The van der Waals surface area contributed by atoms with Gasteiger partial charge in [0.25, 0.3) is 0 Å². The summed E-state index contributed by atoms with van der Waals surface area (Å²) in [5.74, 6) is 0.0578. The van der Waals surface area contributed by atoms with E-state index in [1.165, 1.54) is 16.3 Å². The molecule has 0 heterocycles. The van der Waals surface area contributed by atoms with Gasteiger partial charge in [-0.3, -0.25) is 4.79 Å². The van der Waals surface area contributed by atoms with Crippen LogP contribution in [0.25, 0.3) is 10.8 Å². The van der Waals surface area contributed by atoms with Gasteiger partial charge < -0.3 is 5.32 Å². The van der Waals surface area contributed by atoms with Gasteiger partial charge in [0.15, 0.2) is 0 Å². The van der Waals surface area contributed by atoms with E-state index >= 15 is 0 Å². The third kappa shape index (κ3) is 3.98. The molecule has 3 rings (SSSR count). The quantitative estimate of drug-likeness (QED) is 0.749. The number of aryl methyl sites for hydroxylation is 1. The number of carbonyl (C=O) groups excluding carboxylic acids is 1. The van der Waals surface area contributed by atoms with Gasteiger partial charge in [-0.05, 0) is 39.9 Å². The number of hydrogen-bond donors (Lipinski definition) is 1. The van der Waals surface area contributed by atoms with Crippen molar-refractivity contribution in [2.45, 2.75) is 26.3 Å². The fourth-order valence-corrected chi connectivity index (χ4v) is 2.69. The second-order valence-electron chi connectivity index (χ2n) is 5.81. The van der Waals surface area contributed by atoms with E-state index in [1.54, 1.807) is 0 Å². The second-order valence-corrected chi connectivity index (χ2v) is 5.81. The Hall–Kier alpha value is -2.61. The van der Waals surface area contributed by atoms with Crippen LogP contribution in [0, 0.1) is 0 Å². The molecule has 0 saturated heterocycles. The van der Waals surface area contributed by atoms with Gasteiger partial charge in [0.2, 0.25) is 5.91 Å². The first-order valence-electron chi connectivity index (χ1n) is 8.07. The first kappa shape index (κ1) is 15.3. The van der Waals surface area contributed by atoms with Gasteiger partial charge >= 0.3 is 0 Å². The lowest BCUT2D eigenvalue weighted by Gasteiger charge is -2.07. The standard InChI is InChI=1S/C21H21NO/c1-2-16-7-9-17(10-8-16)14-21(23)22-15-18-11-12-19-5-3-4-6-20(19)13-18/h3-13H,2,14-15H2,1H3,(H,22,23). The largest absolute Gasteiger partial charge is 0.352 e. The fraction of sp³-hybridized carbons (Fsp3) is 0.190. The highest BCUT2D eigenvalue weighted by Crippen LogP contribution is 2.15. The third-order valence-corrected chi connectivity index (χ3v) is 4.10. The molecular weight excluding hydrogens is 282 g/mol. The first-order chi connectivity index (χ1) is 11.2. The Morgan fingerprint density at radius 2 is 1.48 bits per heavy atom. The Morgan fingerprint density at radius 3 is 2.22 bits per heavy atom. The summed E-state index contributed by atoms with van der Waals surface area (Å²) in [7, 11) is 0. The summed E-state index contributed by atoms with van der Waals surface area (Å²) in [4.78, 5) is 12.1. The van der Waals surface area contributed by atoms with E-state index in [9.17, 15) is 4.79 Å². The molecule has 0 atom stereocenters. The summed E-state index contributed by atoms with van der Waals surface area (Å²) in [5, 5.41) is 5.43. The van der Waals surface area contributed by atoms with Crippen LogP contribution in [0.5, 0.6) is 0 Å². The molecule has 0 spiro atoms. The predicted octanol–water partition coefficient (Wildman–Crippen LogP) is 4.26. The molecule has 1 amide bonds.